The molecule has 1 aromatic heterocycles. The molecule has 0 unspecified atom stereocenters. The number of hydrogen-bond acceptors (Lipinski definition) is 4. The van der Waals surface area contributed by atoms with E-state index in [0.29, 0.717) is 22.6 Å². The number of pyridine rings is 1. The predicted octanol–water partition coefficient (Wildman–Crippen LogP) is 1.91. The second kappa shape index (κ2) is 4.68. The van der Waals surface area contributed by atoms with Gasteiger partial charge < -0.3 is 15.8 Å². The minimum absolute atomic E-state index is 0.398. The van der Waals surface area contributed by atoms with Gasteiger partial charge in [-0.3, -0.25) is 0 Å². The van der Waals surface area contributed by atoms with Crippen molar-refractivity contribution in [1.29, 1.82) is 0 Å². The van der Waals surface area contributed by atoms with E-state index >= 15 is 0 Å². The van der Waals surface area contributed by atoms with E-state index in [2.05, 4.69) is 10.3 Å². The number of anilines is 2. The number of nitrogens with one attached hydrogen (secondary N) is 1. The summed E-state index contributed by atoms with van der Waals surface area (Å²) in [5.41, 5.74) is 6.39. The molecular weight excluding hydrogens is 214 g/mol. The lowest BCUT2D eigenvalue weighted by atomic mass is 10.1. The van der Waals surface area contributed by atoms with Crippen LogP contribution in [-0.4, -0.2) is 24.2 Å². The molecule has 0 spiro atoms. The predicted molar refractivity (Wildman–Crippen MR) is 61.1 cm³/mol. The molecule has 1 aliphatic heterocycles. The Morgan fingerprint density at radius 2 is 2.20 bits per heavy atom. The highest BCUT2D eigenvalue weighted by molar-refractivity contribution is 6.30. The van der Waals surface area contributed by atoms with Gasteiger partial charge in [0.25, 0.3) is 0 Å². The average Bonchev–Trinajstić information content (AvgIpc) is 2.24. The van der Waals surface area contributed by atoms with Crippen LogP contribution in [0, 0.1) is 0 Å². The number of nitrogen functional groups attached to an aromatic ring is 1. The molecule has 0 saturated carbocycles. The number of nitrogens with zero attached hydrogens (tertiary/aromatic N) is 1. The first kappa shape index (κ1) is 10.5. The maximum absolute atomic E-state index is 5.80. The molecule has 0 radical (unpaired) electrons. The maximum Gasteiger partial charge on any atom is 0.149 e. The maximum atomic E-state index is 5.80. The molecule has 2 heterocycles. The molecule has 15 heavy (non-hydrogen) atoms. The number of hydrogen-bond donors (Lipinski definition) is 2. The summed E-state index contributed by atoms with van der Waals surface area (Å²) in [4.78, 5) is 4.16. The molecule has 82 valence electrons. The molecule has 0 aromatic carbocycles. The Morgan fingerprint density at radius 1 is 1.47 bits per heavy atom. The third-order valence-electron chi connectivity index (χ3n) is 2.45. The highest BCUT2D eigenvalue weighted by Crippen LogP contribution is 2.22. The van der Waals surface area contributed by atoms with E-state index in [0.717, 1.165) is 26.1 Å². The van der Waals surface area contributed by atoms with Gasteiger partial charge in [0, 0.05) is 25.5 Å². The Kier molecular flexibility index (Phi) is 3.28. The molecule has 1 aromatic rings. The molecule has 0 bridgehead atoms. The first-order chi connectivity index (χ1) is 7.25. The van der Waals surface area contributed by atoms with Crippen molar-refractivity contribution in [2.24, 2.45) is 0 Å². The van der Waals surface area contributed by atoms with Gasteiger partial charge in [-0.1, -0.05) is 11.6 Å². The van der Waals surface area contributed by atoms with Gasteiger partial charge in [0.1, 0.15) is 5.82 Å². The van der Waals surface area contributed by atoms with E-state index in [4.69, 9.17) is 22.1 Å². The first-order valence-electron chi connectivity index (χ1n) is 5.01. The van der Waals surface area contributed by atoms with Crippen molar-refractivity contribution in [2.45, 2.75) is 18.9 Å². The SMILES string of the molecule is Nc1cc(Cl)cnc1NC1CCOCC1. The molecule has 0 amide bonds. The van der Waals surface area contributed by atoms with E-state index < -0.39 is 0 Å². The summed E-state index contributed by atoms with van der Waals surface area (Å²) in [5, 5.41) is 3.86. The fourth-order valence-corrected chi connectivity index (χ4v) is 1.78. The van der Waals surface area contributed by atoms with Gasteiger partial charge in [-0.05, 0) is 18.9 Å². The molecule has 5 heteroatoms. The summed E-state index contributed by atoms with van der Waals surface area (Å²) in [6, 6.07) is 2.10. The van der Waals surface area contributed by atoms with Gasteiger partial charge in [0.2, 0.25) is 0 Å². The van der Waals surface area contributed by atoms with Gasteiger partial charge in [-0.15, -0.1) is 0 Å². The molecule has 1 fully saturated rings. The molecule has 0 aliphatic carbocycles. The second-order valence-corrected chi connectivity index (χ2v) is 4.06. The fraction of sp³-hybridized carbons (Fsp3) is 0.500. The van der Waals surface area contributed by atoms with Crippen molar-refractivity contribution >= 4 is 23.1 Å². The largest absolute Gasteiger partial charge is 0.396 e. The van der Waals surface area contributed by atoms with Crippen LogP contribution in [0.1, 0.15) is 12.8 Å². The van der Waals surface area contributed by atoms with Crippen LogP contribution in [-0.2, 0) is 4.74 Å². The number of nitrogens with two attached hydrogens (primary N) is 1. The summed E-state index contributed by atoms with van der Waals surface area (Å²) in [6.45, 7) is 1.59. The minimum Gasteiger partial charge on any atom is -0.396 e. The number of ether oxygens (including phenoxy) is 1. The monoisotopic (exact) mass is 227 g/mol. The highest BCUT2D eigenvalue weighted by Gasteiger charge is 2.14. The zero-order valence-electron chi connectivity index (χ0n) is 8.37. The van der Waals surface area contributed by atoms with Gasteiger partial charge >= 0.3 is 0 Å². The van der Waals surface area contributed by atoms with Crippen molar-refractivity contribution in [3.05, 3.63) is 17.3 Å². The summed E-state index contributed by atoms with van der Waals surface area (Å²) in [7, 11) is 0. The lowest BCUT2D eigenvalue weighted by Gasteiger charge is -2.24. The van der Waals surface area contributed by atoms with E-state index in [1.54, 1.807) is 12.3 Å². The van der Waals surface area contributed by atoms with Crippen LogP contribution in [0.4, 0.5) is 11.5 Å². The number of rotatable bonds is 2. The summed E-state index contributed by atoms with van der Waals surface area (Å²) >= 11 is 5.77. The van der Waals surface area contributed by atoms with Crippen molar-refractivity contribution in [3.8, 4) is 0 Å². The zero-order valence-corrected chi connectivity index (χ0v) is 9.13. The molecule has 1 saturated heterocycles. The minimum atomic E-state index is 0.398. The topological polar surface area (TPSA) is 60.2 Å². The van der Waals surface area contributed by atoms with Crippen LogP contribution >= 0.6 is 11.6 Å². The van der Waals surface area contributed by atoms with E-state index in [9.17, 15) is 0 Å². The molecule has 2 rings (SSSR count). The van der Waals surface area contributed by atoms with Crippen molar-refractivity contribution in [2.75, 3.05) is 24.3 Å². The molecule has 1 aliphatic rings. The Bertz CT molecular complexity index is 339. The normalized spacial score (nSPS) is 17.7. The third kappa shape index (κ3) is 2.73. The number of halogens is 1. The quantitative estimate of drug-likeness (QED) is 0.810. The van der Waals surface area contributed by atoms with Gasteiger partial charge in [-0.2, -0.15) is 0 Å². The van der Waals surface area contributed by atoms with E-state index in [1.807, 2.05) is 0 Å². The summed E-state index contributed by atoms with van der Waals surface area (Å²) < 4.78 is 5.27. The summed E-state index contributed by atoms with van der Waals surface area (Å²) in [5.74, 6) is 0.714. The lowest BCUT2D eigenvalue weighted by Crippen LogP contribution is -2.28. The fourth-order valence-electron chi connectivity index (χ4n) is 1.61. The average molecular weight is 228 g/mol. The Labute approximate surface area is 93.8 Å². The van der Waals surface area contributed by atoms with Gasteiger partial charge in [0.15, 0.2) is 0 Å². The Morgan fingerprint density at radius 3 is 2.87 bits per heavy atom. The van der Waals surface area contributed by atoms with Crippen LogP contribution < -0.4 is 11.1 Å². The molecule has 4 nitrogen and oxygen atoms in total. The van der Waals surface area contributed by atoms with Crippen LogP contribution in [0.15, 0.2) is 12.3 Å². The number of aromatic nitrogens is 1. The first-order valence-corrected chi connectivity index (χ1v) is 5.39. The smallest absolute Gasteiger partial charge is 0.149 e. The van der Waals surface area contributed by atoms with Crippen molar-refractivity contribution in [1.82, 2.24) is 4.98 Å². The standard InChI is InChI=1S/C10H14ClN3O/c11-7-5-9(12)10(13-6-7)14-8-1-3-15-4-2-8/h5-6,8H,1-4,12H2,(H,13,14). The Hall–Kier alpha value is -1.00. The van der Waals surface area contributed by atoms with Crippen molar-refractivity contribution in [3.63, 3.8) is 0 Å². The van der Waals surface area contributed by atoms with Crippen LogP contribution in [0.3, 0.4) is 0 Å². The van der Waals surface area contributed by atoms with Crippen LogP contribution in [0.5, 0.6) is 0 Å². The van der Waals surface area contributed by atoms with E-state index in [1.165, 1.54) is 0 Å². The second-order valence-electron chi connectivity index (χ2n) is 3.62. The summed E-state index contributed by atoms with van der Waals surface area (Å²) in [6.07, 6.45) is 3.58. The lowest BCUT2D eigenvalue weighted by molar-refractivity contribution is 0.0904. The van der Waals surface area contributed by atoms with Gasteiger partial charge in [0.05, 0.1) is 10.7 Å². The van der Waals surface area contributed by atoms with Crippen LogP contribution in [0.2, 0.25) is 5.02 Å². The molecule has 0 atom stereocenters. The zero-order chi connectivity index (χ0) is 10.7. The van der Waals surface area contributed by atoms with Crippen molar-refractivity contribution < 1.29 is 4.74 Å². The third-order valence-corrected chi connectivity index (χ3v) is 2.65. The highest BCUT2D eigenvalue weighted by atomic mass is 35.5. The van der Waals surface area contributed by atoms with Gasteiger partial charge in [-0.25, -0.2) is 4.98 Å². The molecule has 3 N–H and O–H groups in total. The van der Waals surface area contributed by atoms with Crippen LogP contribution in [0.25, 0.3) is 0 Å². The molecular formula is C10H14ClN3O. The van der Waals surface area contributed by atoms with E-state index in [-0.39, 0.29) is 0 Å². The Balaban J connectivity index is 2.03.